The summed E-state index contributed by atoms with van der Waals surface area (Å²) in [6.07, 6.45) is 3.94. The molecule has 28 heavy (non-hydrogen) atoms. The van der Waals surface area contributed by atoms with E-state index in [2.05, 4.69) is 14.0 Å². The van der Waals surface area contributed by atoms with E-state index in [1.165, 1.54) is 0 Å². The fraction of sp³-hybridized carbons (Fsp3) is 0.850. The van der Waals surface area contributed by atoms with Gasteiger partial charge in [0.1, 0.15) is 0 Å². The quantitative estimate of drug-likeness (QED) is 0.247. The Labute approximate surface area is 200 Å². The van der Waals surface area contributed by atoms with Crippen LogP contribution in [0.15, 0.2) is 0 Å². The third kappa shape index (κ3) is 41.3. The van der Waals surface area contributed by atoms with Crippen LogP contribution in [-0.4, -0.2) is 98.8 Å². The molecule has 0 rings (SSSR count). The molecule has 0 radical (unpaired) electrons. The van der Waals surface area contributed by atoms with Crippen LogP contribution in [-0.2, 0) is 61.1 Å². The average molecular weight is 483 g/mol. The second-order valence-corrected chi connectivity index (χ2v) is 5.63. The fourth-order valence-corrected chi connectivity index (χ4v) is 1.21. The summed E-state index contributed by atoms with van der Waals surface area (Å²) in [6, 6.07) is 0.367. The van der Waals surface area contributed by atoms with Gasteiger partial charge >= 0.3 is 32.7 Å². The van der Waals surface area contributed by atoms with E-state index in [0.717, 1.165) is 13.2 Å². The van der Waals surface area contributed by atoms with E-state index >= 15 is 0 Å². The van der Waals surface area contributed by atoms with Crippen LogP contribution in [0.4, 0.5) is 0 Å². The Hall–Kier alpha value is 0.824. The summed E-state index contributed by atoms with van der Waals surface area (Å²) in [6.45, 7) is 12.3. The minimum absolute atomic E-state index is 0. The van der Waals surface area contributed by atoms with E-state index in [0.29, 0.717) is 52.3 Å². The Balaban J connectivity index is -0.000000155. The summed E-state index contributed by atoms with van der Waals surface area (Å²) in [5, 5.41) is 0. The normalized spacial score (nSPS) is 11.0. The Bertz CT molecular complexity index is 215. The number of rotatable bonds is 16. The zero-order valence-electron chi connectivity index (χ0n) is 19.3. The number of hydrogen-bond acceptors (Lipinski definition) is 7. The first-order valence-electron chi connectivity index (χ1n) is 9.30. The first-order chi connectivity index (χ1) is 13.0. The molecule has 168 valence electrons. The van der Waals surface area contributed by atoms with Gasteiger partial charge in [0.25, 0.3) is 0 Å². The zero-order chi connectivity index (χ0) is 21.2. The van der Waals surface area contributed by atoms with Crippen molar-refractivity contribution in [3.63, 3.8) is 0 Å². The largest absolute Gasteiger partial charge is 3.00 e. The molecule has 0 fully saturated rings. The average Bonchev–Trinajstić information content (AvgIpc) is 2.67. The summed E-state index contributed by atoms with van der Waals surface area (Å²) in [5.41, 5.74) is 0. The second kappa shape index (κ2) is 35.3. The predicted octanol–water partition coefficient (Wildman–Crippen LogP) is 2.51. The maximum atomic E-state index is 5.29. The first-order valence-corrected chi connectivity index (χ1v) is 9.30. The minimum Gasteiger partial charge on any atom is -0.458 e. The van der Waals surface area contributed by atoms with Crippen molar-refractivity contribution in [2.45, 2.75) is 26.8 Å². The molecule has 7 nitrogen and oxygen atoms in total. The van der Waals surface area contributed by atoms with Gasteiger partial charge < -0.3 is 46.2 Å². The molecule has 0 saturated heterocycles. The monoisotopic (exact) mass is 483 g/mol. The van der Waals surface area contributed by atoms with Crippen LogP contribution >= 0.6 is 0 Å². The van der Waals surface area contributed by atoms with Gasteiger partial charge in [-0.1, -0.05) is 13.2 Å². The van der Waals surface area contributed by atoms with E-state index in [-0.39, 0.29) is 32.7 Å². The summed E-state index contributed by atoms with van der Waals surface area (Å²) in [7, 11) is 10.7. The summed E-state index contributed by atoms with van der Waals surface area (Å²) in [5.74, 6) is 0. The molecule has 0 aromatic heterocycles. The van der Waals surface area contributed by atoms with Crippen molar-refractivity contribution in [3.8, 4) is 0 Å². The maximum absolute atomic E-state index is 5.29. The van der Waals surface area contributed by atoms with Crippen molar-refractivity contribution in [2.75, 3.05) is 87.8 Å². The smallest absolute Gasteiger partial charge is 0.458 e. The molecule has 0 aliphatic heterocycles. The van der Waals surface area contributed by atoms with Crippen molar-refractivity contribution in [1.29, 1.82) is 0 Å². The molecule has 0 aliphatic carbocycles. The van der Waals surface area contributed by atoms with Crippen molar-refractivity contribution in [2.24, 2.45) is 0 Å². The van der Waals surface area contributed by atoms with Crippen molar-refractivity contribution < 1.29 is 61.1 Å². The number of hydrogen-bond donors (Lipinski definition) is 0. The molecule has 0 aliphatic rings. The Morgan fingerprint density at radius 3 is 1.39 bits per heavy atom. The van der Waals surface area contributed by atoms with E-state index in [9.17, 15) is 0 Å². The number of methoxy groups -OCH3 is 3. The topological polar surface area (TPSA) is 58.6 Å². The molecule has 0 saturated carbocycles. The summed E-state index contributed by atoms with van der Waals surface area (Å²) in [4.78, 5) is 1.88. The van der Waals surface area contributed by atoms with Crippen LogP contribution < -0.4 is 0 Å². The van der Waals surface area contributed by atoms with Crippen molar-refractivity contribution in [3.05, 3.63) is 19.9 Å². The standard InChI is InChI=1S/C8H18NO2.2C6H13O2.Y/c1-8(9(2)3)7-11-6-5-10-4;2*1-3-4-8-6-5-7-2;/h8H,2,5-7H2,1,3-4H3;2*3H,4-6H2,1-2H3;/q3*-1;+3. The molecule has 0 amide bonds. The van der Waals surface area contributed by atoms with Crippen molar-refractivity contribution >= 4 is 0 Å². The van der Waals surface area contributed by atoms with Gasteiger partial charge in [0.15, 0.2) is 0 Å². The van der Waals surface area contributed by atoms with E-state index in [1.807, 2.05) is 38.6 Å². The minimum atomic E-state index is 0. The number of nitrogens with zero attached hydrogens (tertiary/aromatic N) is 1. The summed E-state index contributed by atoms with van der Waals surface area (Å²) < 4.78 is 29.7. The molecule has 1 unspecified atom stereocenters. The fourth-order valence-electron chi connectivity index (χ4n) is 1.21. The number of likely N-dealkylation sites (N-methyl/N-ethyl adjacent to an activating group) is 1. The molecule has 0 bridgehead atoms. The molecular weight excluding hydrogens is 439 g/mol. The van der Waals surface area contributed by atoms with Crippen LogP contribution in [0.3, 0.4) is 0 Å². The SMILES string of the molecule is C[CH-]COCCOC.C[CH-]COCCOC.[CH2-]N(C)C(C)COCCOC.[Y+3]. The van der Waals surface area contributed by atoms with Gasteiger partial charge in [0, 0.05) is 27.4 Å². The molecule has 0 heterocycles. The Kier molecular flexibility index (Phi) is 45.6. The van der Waals surface area contributed by atoms with Gasteiger partial charge in [0.05, 0.1) is 46.2 Å². The molecule has 8 heteroatoms. The van der Waals surface area contributed by atoms with Gasteiger partial charge in [0.2, 0.25) is 0 Å². The van der Waals surface area contributed by atoms with Gasteiger partial charge in [-0.15, -0.1) is 0 Å². The second-order valence-electron chi connectivity index (χ2n) is 5.63. The molecule has 0 aromatic rings. The van der Waals surface area contributed by atoms with Gasteiger partial charge in [-0.3, -0.25) is 7.05 Å². The molecule has 0 aromatic carbocycles. The third-order valence-corrected chi connectivity index (χ3v) is 2.98. The predicted molar refractivity (Wildman–Crippen MR) is 111 cm³/mol. The van der Waals surface area contributed by atoms with Gasteiger partial charge in [-0.05, 0) is 14.0 Å². The molecular formula is C20H44NO6Y. The third-order valence-electron chi connectivity index (χ3n) is 2.98. The van der Waals surface area contributed by atoms with Crippen molar-refractivity contribution in [1.82, 2.24) is 4.90 Å². The van der Waals surface area contributed by atoms with E-state index < -0.39 is 0 Å². The van der Waals surface area contributed by atoms with Gasteiger partial charge in [-0.2, -0.15) is 13.8 Å². The van der Waals surface area contributed by atoms with E-state index in [4.69, 9.17) is 28.4 Å². The zero-order valence-corrected chi connectivity index (χ0v) is 22.1. The molecule has 1 atom stereocenters. The van der Waals surface area contributed by atoms with Crippen LogP contribution in [0.5, 0.6) is 0 Å². The van der Waals surface area contributed by atoms with Crippen LogP contribution in [0.25, 0.3) is 0 Å². The Morgan fingerprint density at radius 2 is 1.11 bits per heavy atom. The molecule has 0 spiro atoms. The first kappa shape index (κ1) is 36.2. The summed E-state index contributed by atoms with van der Waals surface area (Å²) >= 11 is 0. The van der Waals surface area contributed by atoms with Crippen LogP contribution in [0.1, 0.15) is 20.8 Å². The number of ether oxygens (including phenoxy) is 6. The van der Waals surface area contributed by atoms with E-state index in [1.54, 1.807) is 21.3 Å². The Morgan fingerprint density at radius 1 is 0.750 bits per heavy atom. The van der Waals surface area contributed by atoms with Crippen LogP contribution in [0, 0.1) is 19.9 Å². The molecule has 0 N–H and O–H groups in total. The van der Waals surface area contributed by atoms with Crippen LogP contribution in [0.2, 0.25) is 0 Å². The van der Waals surface area contributed by atoms with Gasteiger partial charge in [-0.25, -0.2) is 0 Å². The maximum Gasteiger partial charge on any atom is 3.00 e.